The highest BCUT2D eigenvalue weighted by molar-refractivity contribution is 9.10. The number of aromatic nitrogens is 1. The maximum Gasteiger partial charge on any atom is 0.239 e. The van der Waals surface area contributed by atoms with Gasteiger partial charge in [0, 0.05) is 36.7 Å². The lowest BCUT2D eigenvalue weighted by atomic mass is 10.1. The first-order chi connectivity index (χ1) is 14.4. The van der Waals surface area contributed by atoms with Crippen molar-refractivity contribution >= 4 is 33.6 Å². The molecule has 0 spiro atoms. The number of amides is 2. The van der Waals surface area contributed by atoms with Crippen LogP contribution in [0.15, 0.2) is 27.2 Å². The molecule has 2 amide bonds. The van der Waals surface area contributed by atoms with E-state index in [1.807, 2.05) is 15.9 Å². The van der Waals surface area contributed by atoms with Crippen molar-refractivity contribution in [3.05, 3.63) is 34.0 Å². The molecule has 1 saturated heterocycles. The monoisotopic (exact) mass is 480 g/mol. The van der Waals surface area contributed by atoms with Gasteiger partial charge in [-0.15, -0.1) is 0 Å². The van der Waals surface area contributed by atoms with Crippen LogP contribution in [0.1, 0.15) is 11.3 Å². The molecule has 2 heterocycles. The number of ether oxygens (including phenoxy) is 2. The molecule has 0 saturated carbocycles. The Morgan fingerprint density at radius 1 is 1.13 bits per heavy atom. The van der Waals surface area contributed by atoms with Gasteiger partial charge >= 0.3 is 0 Å². The minimum Gasteiger partial charge on any atom is -0.493 e. The van der Waals surface area contributed by atoms with Gasteiger partial charge in [-0.2, -0.15) is 0 Å². The first-order valence-electron chi connectivity index (χ1n) is 9.53. The smallest absolute Gasteiger partial charge is 0.239 e. The molecule has 2 aromatic rings. The minimum atomic E-state index is -0.155. The van der Waals surface area contributed by atoms with Crippen LogP contribution >= 0.6 is 15.9 Å². The standard InChI is InChI=1S/C20H25BrN4O5/c1-13-8-18(23-30-13)22-19(26)12-24-4-6-25(7-5-24)20(27)10-14-9-16(28-2)17(29-3)11-15(14)21/h8-9,11H,4-7,10,12H2,1-3H3,(H,22,23,26). The van der Waals surface area contributed by atoms with Crippen molar-refractivity contribution < 1.29 is 23.6 Å². The van der Waals surface area contributed by atoms with Gasteiger partial charge in [-0.05, 0) is 24.6 Å². The summed E-state index contributed by atoms with van der Waals surface area (Å²) in [6.07, 6.45) is 0.257. The summed E-state index contributed by atoms with van der Waals surface area (Å²) in [5.74, 6) is 2.11. The third-order valence-corrected chi connectivity index (χ3v) is 5.62. The van der Waals surface area contributed by atoms with Crippen LogP contribution in [0.3, 0.4) is 0 Å². The summed E-state index contributed by atoms with van der Waals surface area (Å²) >= 11 is 3.50. The lowest BCUT2D eigenvalue weighted by Gasteiger charge is -2.34. The highest BCUT2D eigenvalue weighted by atomic mass is 79.9. The molecule has 30 heavy (non-hydrogen) atoms. The summed E-state index contributed by atoms with van der Waals surface area (Å²) in [5.41, 5.74) is 0.836. The van der Waals surface area contributed by atoms with Crippen LogP contribution in [-0.4, -0.2) is 73.7 Å². The number of methoxy groups -OCH3 is 2. The van der Waals surface area contributed by atoms with Gasteiger partial charge in [0.1, 0.15) is 5.76 Å². The number of nitrogens with zero attached hydrogens (tertiary/aromatic N) is 3. The van der Waals surface area contributed by atoms with E-state index in [1.54, 1.807) is 33.3 Å². The van der Waals surface area contributed by atoms with Gasteiger partial charge in [0.15, 0.2) is 17.3 Å². The summed E-state index contributed by atoms with van der Waals surface area (Å²) < 4.78 is 16.3. The molecule has 3 rings (SSSR count). The second kappa shape index (κ2) is 9.94. The molecule has 9 nitrogen and oxygen atoms in total. The normalized spacial score (nSPS) is 14.5. The summed E-state index contributed by atoms with van der Waals surface area (Å²) in [7, 11) is 3.14. The molecule has 0 radical (unpaired) electrons. The van der Waals surface area contributed by atoms with Crippen molar-refractivity contribution in [1.82, 2.24) is 15.0 Å². The number of carbonyl (C=O) groups excluding carboxylic acids is 2. The Balaban J connectivity index is 1.50. The molecule has 1 N–H and O–H groups in total. The van der Waals surface area contributed by atoms with Crippen LogP contribution < -0.4 is 14.8 Å². The first kappa shape index (κ1) is 22.1. The predicted molar refractivity (Wildman–Crippen MR) is 114 cm³/mol. The van der Waals surface area contributed by atoms with Crippen LogP contribution in [-0.2, 0) is 16.0 Å². The number of halogens is 1. The fraction of sp³-hybridized carbons (Fsp3) is 0.450. The number of aryl methyl sites for hydroxylation is 1. The van der Waals surface area contributed by atoms with Crippen LogP contribution in [0, 0.1) is 6.92 Å². The third kappa shape index (κ3) is 5.51. The number of anilines is 1. The Hall–Kier alpha value is -2.59. The van der Waals surface area contributed by atoms with Crippen molar-refractivity contribution in [2.45, 2.75) is 13.3 Å². The Labute approximate surface area is 183 Å². The number of hydrogen-bond acceptors (Lipinski definition) is 7. The van der Waals surface area contributed by atoms with Gasteiger partial charge in [-0.3, -0.25) is 14.5 Å². The van der Waals surface area contributed by atoms with E-state index in [9.17, 15) is 9.59 Å². The van der Waals surface area contributed by atoms with E-state index in [0.717, 1.165) is 10.0 Å². The number of carbonyl (C=O) groups is 2. The maximum atomic E-state index is 12.8. The fourth-order valence-corrected chi connectivity index (χ4v) is 3.74. The van der Waals surface area contributed by atoms with Gasteiger partial charge in [-0.1, -0.05) is 21.1 Å². The largest absolute Gasteiger partial charge is 0.493 e. The SMILES string of the molecule is COc1cc(Br)c(CC(=O)N2CCN(CC(=O)Nc3cc(C)on3)CC2)cc1OC. The molecule has 0 aliphatic carbocycles. The number of rotatable bonds is 7. The molecule has 162 valence electrons. The Kier molecular flexibility index (Phi) is 7.33. The van der Waals surface area contributed by atoms with E-state index in [1.165, 1.54) is 0 Å². The molecule has 0 unspecified atom stereocenters. The van der Waals surface area contributed by atoms with Gasteiger partial charge in [0.25, 0.3) is 0 Å². The zero-order valence-corrected chi connectivity index (χ0v) is 18.8. The summed E-state index contributed by atoms with van der Waals surface area (Å²) in [6.45, 7) is 4.41. The lowest BCUT2D eigenvalue weighted by Crippen LogP contribution is -2.50. The van der Waals surface area contributed by atoms with Crippen molar-refractivity contribution in [2.75, 3.05) is 52.3 Å². The van der Waals surface area contributed by atoms with Crippen molar-refractivity contribution in [3.63, 3.8) is 0 Å². The molecular weight excluding hydrogens is 456 g/mol. The molecule has 10 heteroatoms. The first-order valence-corrected chi connectivity index (χ1v) is 10.3. The van der Waals surface area contributed by atoms with Crippen LogP contribution in [0.25, 0.3) is 0 Å². The van der Waals surface area contributed by atoms with E-state index in [4.69, 9.17) is 14.0 Å². The van der Waals surface area contributed by atoms with E-state index in [0.29, 0.717) is 49.3 Å². The average Bonchev–Trinajstić information content (AvgIpc) is 3.13. The molecule has 0 bridgehead atoms. The number of hydrogen-bond donors (Lipinski definition) is 1. The predicted octanol–water partition coefficient (Wildman–Crippen LogP) is 2.09. The summed E-state index contributed by atoms with van der Waals surface area (Å²) in [5, 5.41) is 6.46. The van der Waals surface area contributed by atoms with Gasteiger partial charge < -0.3 is 24.2 Å². The molecule has 1 aromatic heterocycles. The van der Waals surface area contributed by atoms with Crippen LogP contribution in [0.5, 0.6) is 11.5 Å². The van der Waals surface area contributed by atoms with E-state index >= 15 is 0 Å². The average molecular weight is 481 g/mol. The highest BCUT2D eigenvalue weighted by Crippen LogP contribution is 2.33. The maximum absolute atomic E-state index is 12.8. The topological polar surface area (TPSA) is 97.1 Å². The second-order valence-electron chi connectivity index (χ2n) is 7.00. The van der Waals surface area contributed by atoms with Crippen LogP contribution in [0.4, 0.5) is 5.82 Å². The third-order valence-electron chi connectivity index (χ3n) is 4.88. The zero-order valence-electron chi connectivity index (χ0n) is 17.2. The molecular formula is C20H25BrN4O5. The van der Waals surface area contributed by atoms with Gasteiger partial charge in [0.05, 0.1) is 27.2 Å². The molecule has 0 atom stereocenters. The van der Waals surface area contributed by atoms with E-state index in [2.05, 4.69) is 26.4 Å². The molecule has 1 aliphatic rings. The minimum absolute atomic E-state index is 0.0325. The fourth-order valence-electron chi connectivity index (χ4n) is 3.27. The highest BCUT2D eigenvalue weighted by Gasteiger charge is 2.24. The Morgan fingerprint density at radius 2 is 1.80 bits per heavy atom. The Bertz CT molecular complexity index is 909. The van der Waals surface area contributed by atoms with Gasteiger partial charge in [0.2, 0.25) is 11.8 Å². The Morgan fingerprint density at radius 3 is 2.40 bits per heavy atom. The van der Waals surface area contributed by atoms with Gasteiger partial charge in [-0.25, -0.2) is 0 Å². The van der Waals surface area contributed by atoms with E-state index < -0.39 is 0 Å². The summed E-state index contributed by atoms with van der Waals surface area (Å²) in [4.78, 5) is 28.7. The number of benzene rings is 1. The van der Waals surface area contributed by atoms with Crippen molar-refractivity contribution in [3.8, 4) is 11.5 Å². The molecule has 1 fully saturated rings. The zero-order chi connectivity index (χ0) is 21.7. The van der Waals surface area contributed by atoms with Crippen LogP contribution in [0.2, 0.25) is 0 Å². The summed E-state index contributed by atoms with van der Waals surface area (Å²) in [6, 6.07) is 5.28. The molecule has 1 aromatic carbocycles. The quantitative estimate of drug-likeness (QED) is 0.647. The number of piperazine rings is 1. The van der Waals surface area contributed by atoms with Crippen molar-refractivity contribution in [1.29, 1.82) is 0 Å². The van der Waals surface area contributed by atoms with Crippen molar-refractivity contribution in [2.24, 2.45) is 0 Å². The lowest BCUT2D eigenvalue weighted by molar-refractivity contribution is -0.132. The van der Waals surface area contributed by atoms with E-state index in [-0.39, 0.29) is 24.8 Å². The number of nitrogens with one attached hydrogen (secondary N) is 1. The molecule has 1 aliphatic heterocycles. The second-order valence-corrected chi connectivity index (χ2v) is 7.86.